The van der Waals surface area contributed by atoms with Crippen LogP contribution in [0, 0.1) is 0 Å². The molecular formula is C18H14ClN3O4S. The van der Waals surface area contributed by atoms with Crippen LogP contribution in [0.25, 0.3) is 11.3 Å². The van der Waals surface area contributed by atoms with E-state index in [1.807, 2.05) is 29.6 Å². The van der Waals surface area contributed by atoms with Crippen LogP contribution < -0.4 is 10.1 Å². The molecule has 0 spiro atoms. The third kappa shape index (κ3) is 5.02. The topological polar surface area (TPSA) is 90.4 Å². The molecule has 0 saturated heterocycles. The summed E-state index contributed by atoms with van der Waals surface area (Å²) in [6, 6.07) is 10.2. The van der Waals surface area contributed by atoms with Crippen molar-refractivity contribution in [3.63, 3.8) is 0 Å². The molecule has 0 aliphatic heterocycles. The zero-order valence-corrected chi connectivity index (χ0v) is 15.7. The number of aromatic nitrogens is 2. The minimum absolute atomic E-state index is 0.169. The van der Waals surface area contributed by atoms with Gasteiger partial charge in [-0.15, -0.1) is 11.3 Å². The quantitative estimate of drug-likeness (QED) is 0.499. The van der Waals surface area contributed by atoms with Gasteiger partial charge >= 0.3 is 5.97 Å². The van der Waals surface area contributed by atoms with Gasteiger partial charge in [-0.2, -0.15) is 0 Å². The van der Waals surface area contributed by atoms with Crippen LogP contribution in [0.5, 0.6) is 5.75 Å². The van der Waals surface area contributed by atoms with E-state index in [1.54, 1.807) is 7.11 Å². The Morgan fingerprint density at radius 3 is 2.70 bits per heavy atom. The van der Waals surface area contributed by atoms with Crippen molar-refractivity contribution in [3.05, 3.63) is 58.7 Å². The summed E-state index contributed by atoms with van der Waals surface area (Å²) in [4.78, 5) is 32.0. The van der Waals surface area contributed by atoms with Crippen LogP contribution in [0.15, 0.2) is 48.0 Å². The molecule has 2 heterocycles. The number of carbonyl (C=O) groups excluding carboxylic acids is 2. The smallest absolute Gasteiger partial charge is 0.338 e. The lowest BCUT2D eigenvalue weighted by Gasteiger charge is -2.05. The van der Waals surface area contributed by atoms with Crippen molar-refractivity contribution in [2.75, 3.05) is 19.0 Å². The number of hydrogen-bond acceptors (Lipinski definition) is 7. The van der Waals surface area contributed by atoms with Gasteiger partial charge in [-0.05, 0) is 36.4 Å². The van der Waals surface area contributed by atoms with E-state index in [1.165, 1.54) is 29.7 Å². The van der Waals surface area contributed by atoms with E-state index in [9.17, 15) is 9.59 Å². The number of nitrogens with one attached hydrogen (secondary N) is 1. The van der Waals surface area contributed by atoms with Gasteiger partial charge in [0.05, 0.1) is 18.4 Å². The van der Waals surface area contributed by atoms with Gasteiger partial charge in [0.25, 0.3) is 5.91 Å². The van der Waals surface area contributed by atoms with Gasteiger partial charge in [0.2, 0.25) is 0 Å². The molecule has 138 valence electrons. The van der Waals surface area contributed by atoms with Gasteiger partial charge in [-0.25, -0.2) is 14.8 Å². The normalized spacial score (nSPS) is 10.3. The van der Waals surface area contributed by atoms with Crippen LogP contribution >= 0.6 is 22.9 Å². The lowest BCUT2D eigenvalue weighted by atomic mass is 10.2. The molecule has 0 unspecified atom stereocenters. The molecule has 27 heavy (non-hydrogen) atoms. The largest absolute Gasteiger partial charge is 0.497 e. The maximum absolute atomic E-state index is 12.0. The van der Waals surface area contributed by atoms with Gasteiger partial charge in [0.1, 0.15) is 10.9 Å². The Morgan fingerprint density at radius 1 is 1.22 bits per heavy atom. The molecule has 0 bridgehead atoms. The molecule has 0 aliphatic carbocycles. The molecule has 1 aromatic carbocycles. The van der Waals surface area contributed by atoms with Crippen molar-refractivity contribution in [1.82, 2.24) is 9.97 Å². The molecule has 2 aromatic heterocycles. The van der Waals surface area contributed by atoms with Crippen LogP contribution in [0.3, 0.4) is 0 Å². The van der Waals surface area contributed by atoms with E-state index >= 15 is 0 Å². The molecule has 0 aliphatic rings. The second-order valence-electron chi connectivity index (χ2n) is 5.26. The van der Waals surface area contributed by atoms with Crippen LogP contribution in [0.1, 0.15) is 10.4 Å². The van der Waals surface area contributed by atoms with Crippen molar-refractivity contribution in [3.8, 4) is 17.0 Å². The summed E-state index contributed by atoms with van der Waals surface area (Å²) in [6.45, 7) is -0.434. The molecule has 3 aromatic rings. The van der Waals surface area contributed by atoms with Crippen molar-refractivity contribution < 1.29 is 19.1 Å². The summed E-state index contributed by atoms with van der Waals surface area (Å²) in [5.74, 6) is -0.397. The number of methoxy groups -OCH3 is 1. The predicted octanol–water partition coefficient (Wildman–Crippen LogP) is 3.66. The number of rotatable bonds is 6. The first-order valence-corrected chi connectivity index (χ1v) is 8.99. The zero-order valence-electron chi connectivity index (χ0n) is 14.1. The second-order valence-corrected chi connectivity index (χ2v) is 6.50. The van der Waals surface area contributed by atoms with Crippen LogP contribution in [-0.2, 0) is 9.53 Å². The molecule has 9 heteroatoms. The number of nitrogens with zero attached hydrogens (tertiary/aromatic N) is 2. The first-order valence-electron chi connectivity index (χ1n) is 7.73. The number of amides is 1. The lowest BCUT2D eigenvalue weighted by molar-refractivity contribution is -0.119. The minimum Gasteiger partial charge on any atom is -0.497 e. The zero-order chi connectivity index (χ0) is 19.2. The third-order valence-corrected chi connectivity index (χ3v) is 4.40. The molecule has 0 saturated carbocycles. The SMILES string of the molecule is COc1ccc(-c2csc(NC(=O)COC(=O)c3ccnc(Cl)c3)n2)cc1. The van der Waals surface area contributed by atoms with Crippen molar-refractivity contribution in [2.45, 2.75) is 0 Å². The number of pyridine rings is 1. The Morgan fingerprint density at radius 2 is 2.00 bits per heavy atom. The first kappa shape index (κ1) is 18.8. The highest BCUT2D eigenvalue weighted by Crippen LogP contribution is 2.26. The van der Waals surface area contributed by atoms with E-state index in [2.05, 4.69) is 15.3 Å². The minimum atomic E-state index is -0.660. The Labute approximate surface area is 163 Å². The number of halogens is 1. The molecule has 0 radical (unpaired) electrons. The molecule has 1 N–H and O–H groups in total. The fourth-order valence-electron chi connectivity index (χ4n) is 2.12. The summed E-state index contributed by atoms with van der Waals surface area (Å²) < 4.78 is 10.1. The van der Waals surface area contributed by atoms with E-state index < -0.39 is 18.5 Å². The molecule has 7 nitrogen and oxygen atoms in total. The second kappa shape index (κ2) is 8.61. The van der Waals surface area contributed by atoms with Gasteiger partial charge < -0.3 is 9.47 Å². The van der Waals surface area contributed by atoms with Crippen LogP contribution in [0.4, 0.5) is 5.13 Å². The fourth-order valence-corrected chi connectivity index (χ4v) is 3.03. The Hall–Kier alpha value is -2.97. The number of hydrogen-bond donors (Lipinski definition) is 1. The molecular weight excluding hydrogens is 390 g/mol. The predicted molar refractivity (Wildman–Crippen MR) is 102 cm³/mol. The van der Waals surface area contributed by atoms with Crippen molar-refractivity contribution in [1.29, 1.82) is 0 Å². The maximum Gasteiger partial charge on any atom is 0.338 e. The standard InChI is InChI=1S/C18H14ClN3O4S/c1-25-13-4-2-11(3-5-13)14-10-27-18(21-14)22-16(23)9-26-17(24)12-6-7-20-15(19)8-12/h2-8,10H,9H2,1H3,(H,21,22,23). The summed E-state index contributed by atoms with van der Waals surface area (Å²) >= 11 is 6.99. The maximum atomic E-state index is 12.0. The highest BCUT2D eigenvalue weighted by Gasteiger charge is 2.13. The Balaban J connectivity index is 1.55. The van der Waals surface area contributed by atoms with E-state index in [4.69, 9.17) is 21.1 Å². The summed E-state index contributed by atoms with van der Waals surface area (Å²) in [7, 11) is 1.60. The molecule has 1 amide bonds. The van der Waals surface area contributed by atoms with Gasteiger partial charge in [-0.3, -0.25) is 10.1 Å². The number of benzene rings is 1. The summed E-state index contributed by atoms with van der Waals surface area (Å²) in [5.41, 5.74) is 1.84. The number of ether oxygens (including phenoxy) is 2. The molecule has 3 rings (SSSR count). The number of thiazole rings is 1. The average molecular weight is 404 g/mol. The van der Waals surface area contributed by atoms with Gasteiger partial charge in [0, 0.05) is 17.1 Å². The molecule has 0 atom stereocenters. The van der Waals surface area contributed by atoms with Crippen molar-refractivity contribution >= 4 is 39.9 Å². The highest BCUT2D eigenvalue weighted by molar-refractivity contribution is 7.14. The third-order valence-electron chi connectivity index (χ3n) is 3.43. The number of carbonyl (C=O) groups is 2. The fraction of sp³-hybridized carbons (Fsp3) is 0.111. The summed E-state index contributed by atoms with van der Waals surface area (Å²) in [5, 5.41) is 5.00. The summed E-state index contributed by atoms with van der Waals surface area (Å²) in [6.07, 6.45) is 1.38. The van der Waals surface area contributed by atoms with Gasteiger partial charge in [-0.1, -0.05) is 11.6 Å². The number of anilines is 1. The van der Waals surface area contributed by atoms with E-state index in [0.29, 0.717) is 5.13 Å². The van der Waals surface area contributed by atoms with E-state index in [0.717, 1.165) is 17.0 Å². The first-order chi connectivity index (χ1) is 13.0. The van der Waals surface area contributed by atoms with Crippen LogP contribution in [-0.4, -0.2) is 35.6 Å². The van der Waals surface area contributed by atoms with Crippen molar-refractivity contribution in [2.24, 2.45) is 0 Å². The molecule has 0 fully saturated rings. The van der Waals surface area contributed by atoms with Gasteiger partial charge in [0.15, 0.2) is 11.7 Å². The van der Waals surface area contributed by atoms with E-state index in [-0.39, 0.29) is 10.7 Å². The lowest BCUT2D eigenvalue weighted by Crippen LogP contribution is -2.20. The average Bonchev–Trinajstić information content (AvgIpc) is 3.14. The van der Waals surface area contributed by atoms with Crippen LogP contribution in [0.2, 0.25) is 5.15 Å². The Kier molecular flexibility index (Phi) is 6.00. The highest BCUT2D eigenvalue weighted by atomic mass is 35.5. The number of esters is 1. The Bertz CT molecular complexity index is 959. The monoisotopic (exact) mass is 403 g/mol.